The predicted molar refractivity (Wildman–Crippen MR) is 96.8 cm³/mol. The van der Waals surface area contributed by atoms with Crippen LogP contribution >= 0.6 is 0 Å². The van der Waals surface area contributed by atoms with Crippen molar-refractivity contribution < 1.29 is 44.2 Å². The Balaban J connectivity index is 1.44. The molecule has 9 atom stereocenters. The second kappa shape index (κ2) is 7.03. The van der Waals surface area contributed by atoms with Gasteiger partial charge in [-0.15, -0.1) is 0 Å². The Morgan fingerprint density at radius 2 is 2.03 bits per heavy atom. The van der Waals surface area contributed by atoms with Gasteiger partial charge in [0.25, 0.3) is 0 Å². The van der Waals surface area contributed by atoms with Gasteiger partial charge in [0.2, 0.25) is 5.79 Å². The predicted octanol–water partition coefficient (Wildman–Crippen LogP) is -3.19. The maximum Gasteiger partial charge on any atom is 0.337 e. The van der Waals surface area contributed by atoms with Crippen molar-refractivity contribution in [2.45, 2.75) is 61.2 Å². The summed E-state index contributed by atoms with van der Waals surface area (Å²) in [5.74, 6) is -3.14. The van der Waals surface area contributed by atoms with E-state index in [0.717, 1.165) is 7.11 Å². The van der Waals surface area contributed by atoms with Crippen LogP contribution in [0.1, 0.15) is 12.6 Å². The van der Waals surface area contributed by atoms with Crippen molar-refractivity contribution in [3.8, 4) is 0 Å². The molecule has 168 valence electrons. The van der Waals surface area contributed by atoms with Crippen LogP contribution in [0.3, 0.4) is 0 Å². The molecular weight excluding hydrogens is 418 g/mol. The number of rotatable bonds is 2. The van der Waals surface area contributed by atoms with Crippen molar-refractivity contribution >= 4 is 23.0 Å². The number of anilines is 1. The molecule has 6 N–H and O–H groups in total. The number of fused-ring (bicyclic) bond motifs is 3. The highest BCUT2D eigenvalue weighted by Crippen LogP contribution is 2.46. The first-order valence-corrected chi connectivity index (χ1v) is 9.52. The molecule has 14 nitrogen and oxygen atoms in total. The summed E-state index contributed by atoms with van der Waals surface area (Å²) < 4.78 is 23.1. The normalized spacial score (nSPS) is 42.2. The number of imidazole rings is 1. The SMILES string of the molecule is COC(=O)[C@H]1O[C@H]2C[C@@H]3O[C@@H](n4cnc5c(N)ncnc54)[C@H](O)[C@H]3O[C@]2(O)[C@@H](O)[C@@H]1O. The lowest BCUT2D eigenvalue weighted by Gasteiger charge is -2.51. The van der Waals surface area contributed by atoms with E-state index in [9.17, 15) is 25.2 Å². The first-order valence-electron chi connectivity index (χ1n) is 9.52. The number of nitrogens with two attached hydrogens (primary N) is 1. The van der Waals surface area contributed by atoms with Crippen LogP contribution in [0.25, 0.3) is 11.2 Å². The maximum atomic E-state index is 11.9. The molecule has 0 aromatic carbocycles. The Kier molecular flexibility index (Phi) is 4.63. The maximum absolute atomic E-state index is 11.9. The summed E-state index contributed by atoms with van der Waals surface area (Å²) >= 11 is 0. The monoisotopic (exact) mass is 439 g/mol. The van der Waals surface area contributed by atoms with Crippen molar-refractivity contribution in [2.75, 3.05) is 12.8 Å². The summed E-state index contributed by atoms with van der Waals surface area (Å²) in [6.45, 7) is 0. The van der Waals surface area contributed by atoms with Crippen LogP contribution in [-0.4, -0.2) is 102 Å². The third kappa shape index (κ3) is 2.84. The molecule has 0 bridgehead atoms. The second-order valence-electron chi connectivity index (χ2n) is 7.71. The minimum absolute atomic E-state index is 0.0459. The zero-order valence-corrected chi connectivity index (χ0v) is 16.2. The van der Waals surface area contributed by atoms with Gasteiger partial charge in [-0.1, -0.05) is 0 Å². The first kappa shape index (κ1) is 20.4. The number of carbonyl (C=O) groups excluding carboxylic acids is 1. The van der Waals surface area contributed by atoms with E-state index in [1.54, 1.807) is 0 Å². The Hall–Kier alpha value is -2.46. The fourth-order valence-electron chi connectivity index (χ4n) is 4.41. The average Bonchev–Trinajstić information content (AvgIpc) is 3.31. The van der Waals surface area contributed by atoms with Gasteiger partial charge in [0.15, 0.2) is 23.8 Å². The molecule has 0 unspecified atom stereocenters. The van der Waals surface area contributed by atoms with Crippen LogP contribution in [0, 0.1) is 0 Å². The minimum atomic E-state index is -2.38. The van der Waals surface area contributed by atoms with Crippen molar-refractivity contribution in [2.24, 2.45) is 0 Å². The number of methoxy groups -OCH3 is 1. The quantitative estimate of drug-likeness (QED) is 0.293. The van der Waals surface area contributed by atoms with Crippen molar-refractivity contribution in [3.05, 3.63) is 12.7 Å². The van der Waals surface area contributed by atoms with Gasteiger partial charge in [0.1, 0.15) is 42.4 Å². The largest absolute Gasteiger partial charge is 0.467 e. The second-order valence-corrected chi connectivity index (χ2v) is 7.71. The summed E-state index contributed by atoms with van der Waals surface area (Å²) in [4.78, 5) is 24.0. The van der Waals surface area contributed by atoms with Crippen molar-refractivity contribution in [3.63, 3.8) is 0 Å². The number of aliphatic hydroxyl groups is 4. The molecule has 3 aliphatic heterocycles. The number of aromatic nitrogens is 4. The van der Waals surface area contributed by atoms with Crippen LogP contribution in [0.4, 0.5) is 5.82 Å². The van der Waals surface area contributed by atoms with E-state index in [4.69, 9.17) is 19.9 Å². The number of esters is 1. The highest BCUT2D eigenvalue weighted by molar-refractivity contribution is 5.81. The molecule has 14 heteroatoms. The van der Waals surface area contributed by atoms with Crippen molar-refractivity contribution in [1.29, 1.82) is 0 Å². The Morgan fingerprint density at radius 1 is 1.26 bits per heavy atom. The lowest BCUT2D eigenvalue weighted by atomic mass is 9.84. The number of hydrogen-bond donors (Lipinski definition) is 5. The van der Waals surface area contributed by atoms with Gasteiger partial charge in [-0.2, -0.15) is 0 Å². The fraction of sp³-hybridized carbons (Fsp3) is 0.647. The van der Waals surface area contributed by atoms with Gasteiger partial charge in [0.05, 0.1) is 19.5 Å². The molecule has 0 amide bonds. The molecule has 2 aromatic rings. The molecule has 0 spiro atoms. The Morgan fingerprint density at radius 3 is 2.77 bits per heavy atom. The summed E-state index contributed by atoms with van der Waals surface area (Å²) in [7, 11) is 1.10. The van der Waals surface area contributed by atoms with E-state index >= 15 is 0 Å². The zero-order valence-electron chi connectivity index (χ0n) is 16.2. The van der Waals surface area contributed by atoms with E-state index in [1.807, 2.05) is 0 Å². The molecule has 2 aromatic heterocycles. The van der Waals surface area contributed by atoms with E-state index in [1.165, 1.54) is 17.2 Å². The Bertz CT molecular complexity index is 1020. The summed E-state index contributed by atoms with van der Waals surface area (Å²) in [5, 5.41) is 42.6. The highest BCUT2D eigenvalue weighted by Gasteiger charge is 2.65. The number of aliphatic hydroxyl groups excluding tert-OH is 3. The van der Waals surface area contributed by atoms with Crippen LogP contribution in [0.2, 0.25) is 0 Å². The number of nitrogens with zero attached hydrogens (tertiary/aromatic N) is 4. The molecular formula is C17H21N5O9. The molecule has 5 heterocycles. The number of carbonyl (C=O) groups is 1. The van der Waals surface area contributed by atoms with E-state index in [2.05, 4.69) is 19.7 Å². The molecule has 3 saturated heterocycles. The molecule has 0 radical (unpaired) electrons. The van der Waals surface area contributed by atoms with E-state index < -0.39 is 60.7 Å². The smallest absolute Gasteiger partial charge is 0.337 e. The van der Waals surface area contributed by atoms with Crippen LogP contribution < -0.4 is 5.73 Å². The first-order chi connectivity index (χ1) is 14.8. The number of nitrogen functional groups attached to an aromatic ring is 1. The van der Waals surface area contributed by atoms with Gasteiger partial charge in [-0.25, -0.2) is 19.7 Å². The Labute approximate surface area is 174 Å². The standard InChI is InChI=1S/C17H21N5O9/c1-28-16(26)11-8(23)12(25)17(27)6(30-11)2-5-10(31-17)9(24)15(29-5)22-4-21-7-13(18)19-3-20-14(7)22/h3-6,8-12,15,23-25,27H,2H2,1H3,(H2,18,19,20)/t5-,6-,8+,9+,10-,11-,12-,15+,17-/m0/s1. The molecule has 31 heavy (non-hydrogen) atoms. The zero-order chi connectivity index (χ0) is 22.1. The van der Waals surface area contributed by atoms with Crippen LogP contribution in [-0.2, 0) is 23.7 Å². The number of ether oxygens (including phenoxy) is 4. The topological polar surface area (TPSA) is 205 Å². The van der Waals surface area contributed by atoms with E-state index in [-0.39, 0.29) is 12.2 Å². The summed E-state index contributed by atoms with van der Waals surface area (Å²) in [6, 6.07) is 0. The van der Waals surface area contributed by atoms with E-state index in [0.29, 0.717) is 11.2 Å². The lowest BCUT2D eigenvalue weighted by molar-refractivity contribution is -0.397. The molecule has 0 saturated carbocycles. The molecule has 3 fully saturated rings. The summed E-state index contributed by atoms with van der Waals surface area (Å²) in [6.07, 6.45) is -8.04. The molecule has 0 aliphatic carbocycles. The average molecular weight is 439 g/mol. The van der Waals surface area contributed by atoms with Gasteiger partial charge in [0, 0.05) is 6.42 Å². The van der Waals surface area contributed by atoms with Gasteiger partial charge >= 0.3 is 5.97 Å². The minimum Gasteiger partial charge on any atom is -0.467 e. The third-order valence-corrected chi connectivity index (χ3v) is 6.01. The van der Waals surface area contributed by atoms with Crippen molar-refractivity contribution in [1.82, 2.24) is 19.5 Å². The number of hydrogen-bond acceptors (Lipinski definition) is 13. The van der Waals surface area contributed by atoms with Crippen LogP contribution in [0.15, 0.2) is 12.7 Å². The van der Waals surface area contributed by atoms with Crippen LogP contribution in [0.5, 0.6) is 0 Å². The van der Waals surface area contributed by atoms with Gasteiger partial charge < -0.3 is 45.1 Å². The van der Waals surface area contributed by atoms with Gasteiger partial charge in [-0.3, -0.25) is 4.57 Å². The molecule has 3 aliphatic rings. The molecule has 5 rings (SSSR count). The van der Waals surface area contributed by atoms with Gasteiger partial charge in [-0.05, 0) is 0 Å². The fourth-order valence-corrected chi connectivity index (χ4v) is 4.41. The third-order valence-electron chi connectivity index (χ3n) is 6.01. The highest BCUT2D eigenvalue weighted by atomic mass is 16.7. The summed E-state index contributed by atoms with van der Waals surface area (Å²) in [5.41, 5.74) is 6.45. The lowest BCUT2D eigenvalue weighted by Crippen LogP contribution is -2.72.